The van der Waals surface area contributed by atoms with Crippen molar-refractivity contribution < 1.29 is 22.0 Å². The van der Waals surface area contributed by atoms with Gasteiger partial charge in [0.1, 0.15) is 12.4 Å². The van der Waals surface area contributed by atoms with Crippen LogP contribution in [0.4, 0.5) is 10.1 Å². The van der Waals surface area contributed by atoms with E-state index < -0.39 is 27.5 Å². The maximum atomic E-state index is 13.3. The van der Waals surface area contributed by atoms with Gasteiger partial charge in [-0.05, 0) is 48.6 Å². The van der Waals surface area contributed by atoms with Crippen molar-refractivity contribution in [3.05, 3.63) is 58.8 Å². The molecule has 0 bridgehead atoms. The number of fused-ring (bicyclic) bond motifs is 1. The Labute approximate surface area is 184 Å². The Bertz CT molecular complexity index is 1320. The summed E-state index contributed by atoms with van der Waals surface area (Å²) >= 11 is 0. The van der Waals surface area contributed by atoms with Crippen molar-refractivity contribution >= 4 is 32.7 Å². The molecule has 2 aromatic carbocycles. The monoisotopic (exact) mass is 461 g/mol. The number of hydrogen-bond donors (Lipinski definition) is 1. The normalized spacial score (nSPS) is 19.8. The van der Waals surface area contributed by atoms with Crippen molar-refractivity contribution in [3.63, 3.8) is 0 Å². The summed E-state index contributed by atoms with van der Waals surface area (Å²) in [5.74, 6) is -1.32. The Kier molecular flexibility index (Phi) is 5.91. The van der Waals surface area contributed by atoms with E-state index in [4.69, 9.17) is 4.42 Å². The molecule has 1 N–H and O–H groups in total. The van der Waals surface area contributed by atoms with Gasteiger partial charge in [-0.2, -0.15) is 4.31 Å². The summed E-state index contributed by atoms with van der Waals surface area (Å²) < 4.78 is 47.3. The van der Waals surface area contributed by atoms with Crippen molar-refractivity contribution in [2.45, 2.75) is 31.7 Å². The first kappa shape index (κ1) is 22.2. The minimum absolute atomic E-state index is 0.0383. The van der Waals surface area contributed by atoms with Crippen molar-refractivity contribution in [1.82, 2.24) is 8.87 Å². The summed E-state index contributed by atoms with van der Waals surface area (Å²) in [6, 6.07) is 9.58. The number of carbonyl (C=O) groups is 1. The van der Waals surface area contributed by atoms with Crippen molar-refractivity contribution in [1.29, 1.82) is 0 Å². The lowest BCUT2D eigenvalue weighted by molar-refractivity contribution is -0.116. The molecular weight excluding hydrogens is 437 g/mol. The quantitative estimate of drug-likeness (QED) is 0.629. The molecule has 0 radical (unpaired) electrons. The Morgan fingerprint density at radius 3 is 2.56 bits per heavy atom. The van der Waals surface area contributed by atoms with Crippen LogP contribution in [-0.2, 0) is 21.4 Å². The van der Waals surface area contributed by atoms with Gasteiger partial charge < -0.3 is 9.73 Å². The number of piperidine rings is 1. The van der Waals surface area contributed by atoms with E-state index in [-0.39, 0.29) is 34.5 Å². The number of oxazole rings is 1. The van der Waals surface area contributed by atoms with E-state index >= 15 is 0 Å². The molecule has 1 amide bonds. The van der Waals surface area contributed by atoms with Crippen LogP contribution < -0.4 is 11.1 Å². The summed E-state index contributed by atoms with van der Waals surface area (Å²) in [7, 11) is -3.74. The Morgan fingerprint density at radius 2 is 1.88 bits per heavy atom. The predicted octanol–water partition coefficient (Wildman–Crippen LogP) is 3.04. The number of carbonyl (C=O) groups excluding carboxylic acids is 1. The van der Waals surface area contributed by atoms with Crippen LogP contribution in [0.1, 0.15) is 20.3 Å². The van der Waals surface area contributed by atoms with E-state index in [1.165, 1.54) is 40.7 Å². The van der Waals surface area contributed by atoms with Crippen LogP contribution in [0, 0.1) is 17.7 Å². The number of aromatic nitrogens is 1. The number of anilines is 1. The Morgan fingerprint density at radius 1 is 1.16 bits per heavy atom. The average Bonchev–Trinajstić information content (AvgIpc) is 3.01. The smallest absolute Gasteiger partial charge is 0.408 e. The van der Waals surface area contributed by atoms with E-state index in [1.54, 1.807) is 0 Å². The van der Waals surface area contributed by atoms with Gasteiger partial charge in [-0.3, -0.25) is 9.36 Å². The average molecular weight is 462 g/mol. The second kappa shape index (κ2) is 8.51. The summed E-state index contributed by atoms with van der Waals surface area (Å²) in [6.07, 6.45) is 0.973. The molecule has 32 heavy (non-hydrogen) atoms. The van der Waals surface area contributed by atoms with Gasteiger partial charge in [-0.15, -0.1) is 0 Å². The van der Waals surface area contributed by atoms with Gasteiger partial charge in [-0.25, -0.2) is 17.6 Å². The summed E-state index contributed by atoms with van der Waals surface area (Å²) in [5.41, 5.74) is 0.630. The molecule has 170 valence electrons. The minimum atomic E-state index is -3.74. The van der Waals surface area contributed by atoms with Gasteiger partial charge in [0.25, 0.3) is 0 Å². The van der Waals surface area contributed by atoms with Crippen molar-refractivity contribution in [3.8, 4) is 0 Å². The van der Waals surface area contributed by atoms with Crippen LogP contribution in [0.3, 0.4) is 0 Å². The molecule has 1 saturated heterocycles. The van der Waals surface area contributed by atoms with Gasteiger partial charge in [0, 0.05) is 24.8 Å². The molecule has 1 aliphatic rings. The number of benzene rings is 2. The van der Waals surface area contributed by atoms with Gasteiger partial charge in [0.2, 0.25) is 15.9 Å². The fourth-order valence-corrected chi connectivity index (χ4v) is 5.91. The van der Waals surface area contributed by atoms with Crippen LogP contribution in [0.15, 0.2) is 56.6 Å². The molecule has 1 aromatic heterocycles. The molecule has 3 aromatic rings. The first-order valence-corrected chi connectivity index (χ1v) is 11.8. The zero-order valence-electron chi connectivity index (χ0n) is 17.7. The molecule has 4 rings (SSSR count). The summed E-state index contributed by atoms with van der Waals surface area (Å²) in [6.45, 7) is 4.56. The number of nitrogens with one attached hydrogen (secondary N) is 1. The fourth-order valence-electron chi connectivity index (χ4n) is 4.22. The van der Waals surface area contributed by atoms with E-state index in [0.29, 0.717) is 18.6 Å². The van der Waals surface area contributed by atoms with Gasteiger partial charge in [0.05, 0.1) is 10.4 Å². The van der Waals surface area contributed by atoms with Crippen molar-refractivity contribution in [2.75, 3.05) is 18.4 Å². The second-order valence-corrected chi connectivity index (χ2v) is 10.3. The van der Waals surface area contributed by atoms with Crippen LogP contribution in [0.5, 0.6) is 0 Å². The highest BCUT2D eigenvalue weighted by atomic mass is 32.2. The molecule has 2 atom stereocenters. The zero-order chi connectivity index (χ0) is 23.0. The highest BCUT2D eigenvalue weighted by Crippen LogP contribution is 2.28. The topological polar surface area (TPSA) is 102 Å². The lowest BCUT2D eigenvalue weighted by atomic mass is 9.94. The first-order valence-electron chi connectivity index (χ1n) is 10.3. The molecule has 2 heterocycles. The molecule has 8 nitrogen and oxygen atoms in total. The first-order chi connectivity index (χ1) is 15.1. The highest BCUT2D eigenvalue weighted by molar-refractivity contribution is 7.89. The molecule has 1 fully saturated rings. The van der Waals surface area contributed by atoms with Crippen LogP contribution >= 0.6 is 0 Å². The van der Waals surface area contributed by atoms with Gasteiger partial charge >= 0.3 is 5.76 Å². The summed E-state index contributed by atoms with van der Waals surface area (Å²) in [5, 5.41) is 2.52. The molecule has 0 spiro atoms. The highest BCUT2D eigenvalue weighted by Gasteiger charge is 2.32. The third kappa shape index (κ3) is 4.46. The van der Waals surface area contributed by atoms with Gasteiger partial charge in [0.15, 0.2) is 5.58 Å². The molecule has 0 aliphatic carbocycles. The number of hydrogen-bond acceptors (Lipinski definition) is 5. The van der Waals surface area contributed by atoms with E-state index in [2.05, 4.69) is 5.32 Å². The number of amides is 1. The second-order valence-electron chi connectivity index (χ2n) is 8.41. The van der Waals surface area contributed by atoms with Crippen molar-refractivity contribution in [2.24, 2.45) is 11.8 Å². The van der Waals surface area contributed by atoms with E-state index in [0.717, 1.165) is 17.1 Å². The maximum Gasteiger partial charge on any atom is 0.420 e. The number of nitrogens with zero attached hydrogens (tertiary/aromatic N) is 2. The lowest BCUT2D eigenvalue weighted by Gasteiger charge is -2.34. The van der Waals surface area contributed by atoms with Crippen LogP contribution in [0.25, 0.3) is 11.1 Å². The molecule has 1 aliphatic heterocycles. The van der Waals surface area contributed by atoms with Crippen LogP contribution in [0.2, 0.25) is 0 Å². The third-order valence-corrected chi connectivity index (χ3v) is 7.35. The standard InChI is InChI=1S/C22H24FN3O5S/c1-14-8-15(2)12-25(11-14)32(29,30)18-6-7-19-20(10-18)31-22(28)26(19)13-21(27)24-17-5-3-4-16(23)9-17/h3-7,9-10,14-15H,8,11-13H2,1-2H3,(H,24,27). The van der Waals surface area contributed by atoms with Crippen LogP contribution in [-0.4, -0.2) is 36.3 Å². The van der Waals surface area contributed by atoms with Gasteiger partial charge in [-0.1, -0.05) is 19.9 Å². The molecular formula is C22H24FN3O5S. The fraction of sp³-hybridized carbons (Fsp3) is 0.364. The number of halogens is 1. The Hall–Kier alpha value is -2.98. The van der Waals surface area contributed by atoms with E-state index in [1.807, 2.05) is 13.8 Å². The third-order valence-electron chi connectivity index (χ3n) is 5.52. The minimum Gasteiger partial charge on any atom is -0.408 e. The van der Waals surface area contributed by atoms with E-state index in [9.17, 15) is 22.4 Å². The SMILES string of the molecule is CC1CC(C)CN(S(=O)(=O)c2ccc3c(c2)oc(=O)n3CC(=O)Nc2cccc(F)c2)C1. The zero-order valence-corrected chi connectivity index (χ0v) is 18.6. The lowest BCUT2D eigenvalue weighted by Crippen LogP contribution is -2.42. The largest absolute Gasteiger partial charge is 0.420 e. The Balaban J connectivity index is 1.59. The summed E-state index contributed by atoms with van der Waals surface area (Å²) in [4.78, 5) is 24.7. The number of rotatable bonds is 5. The number of sulfonamides is 1. The predicted molar refractivity (Wildman–Crippen MR) is 117 cm³/mol. The molecule has 2 unspecified atom stereocenters. The molecule has 10 heteroatoms. The maximum absolute atomic E-state index is 13.3. The molecule has 0 saturated carbocycles.